The number of halogens is 1. The third kappa shape index (κ3) is 4.76. The van der Waals surface area contributed by atoms with Crippen LogP contribution in [-0.4, -0.2) is 68.8 Å². The number of piperazine rings is 1. The number of imidazole rings is 1. The summed E-state index contributed by atoms with van der Waals surface area (Å²) in [6.07, 6.45) is 4.72. The quantitative estimate of drug-likeness (QED) is 0.413. The van der Waals surface area contributed by atoms with Crippen molar-refractivity contribution in [3.05, 3.63) is 57.1 Å². The van der Waals surface area contributed by atoms with Crippen molar-refractivity contribution in [2.75, 3.05) is 37.6 Å². The minimum atomic E-state index is 0.639. The zero-order valence-corrected chi connectivity index (χ0v) is 21.2. The molecular formula is C25H27ClN8S. The predicted octanol–water partition coefficient (Wildman–Crippen LogP) is 4.56. The van der Waals surface area contributed by atoms with Crippen LogP contribution in [0, 0.1) is 6.92 Å². The summed E-state index contributed by atoms with van der Waals surface area (Å²) < 4.78 is 0. The van der Waals surface area contributed by atoms with Crippen LogP contribution in [-0.2, 0) is 13.1 Å². The fourth-order valence-electron chi connectivity index (χ4n) is 4.73. The van der Waals surface area contributed by atoms with Gasteiger partial charge in [0.1, 0.15) is 11.3 Å². The topological polar surface area (TPSA) is 76.5 Å². The van der Waals surface area contributed by atoms with Crippen LogP contribution in [0.2, 0.25) is 5.02 Å². The van der Waals surface area contributed by atoms with Crippen molar-refractivity contribution in [2.24, 2.45) is 5.10 Å². The Morgan fingerprint density at radius 1 is 1.03 bits per heavy atom. The second kappa shape index (κ2) is 9.56. The van der Waals surface area contributed by atoms with Crippen LogP contribution in [0.25, 0.3) is 22.6 Å². The number of pyridine rings is 1. The van der Waals surface area contributed by atoms with Gasteiger partial charge >= 0.3 is 0 Å². The summed E-state index contributed by atoms with van der Waals surface area (Å²) >= 11 is 8.38. The van der Waals surface area contributed by atoms with Crippen molar-refractivity contribution in [1.82, 2.24) is 29.8 Å². The van der Waals surface area contributed by atoms with Crippen molar-refractivity contribution in [1.29, 1.82) is 0 Å². The van der Waals surface area contributed by atoms with Gasteiger partial charge in [0.25, 0.3) is 0 Å². The summed E-state index contributed by atoms with van der Waals surface area (Å²) in [4.78, 5) is 22.3. The number of anilines is 1. The van der Waals surface area contributed by atoms with Crippen LogP contribution in [0.5, 0.6) is 0 Å². The molecule has 4 aromatic rings. The smallest absolute Gasteiger partial charge is 0.159 e. The van der Waals surface area contributed by atoms with Crippen LogP contribution < -0.4 is 4.90 Å². The number of fused-ring (bicyclic) bond motifs is 1. The summed E-state index contributed by atoms with van der Waals surface area (Å²) in [5.74, 6) is 0.805. The lowest BCUT2D eigenvalue weighted by atomic mass is 10.1. The van der Waals surface area contributed by atoms with Crippen LogP contribution in [0.3, 0.4) is 0 Å². The first kappa shape index (κ1) is 22.5. The van der Waals surface area contributed by atoms with Gasteiger partial charge in [-0.2, -0.15) is 5.10 Å². The van der Waals surface area contributed by atoms with E-state index in [1.807, 2.05) is 6.21 Å². The minimum Gasteiger partial charge on any atom is -0.366 e. The maximum atomic E-state index is 6.67. The van der Waals surface area contributed by atoms with Crippen molar-refractivity contribution < 1.29 is 0 Å². The van der Waals surface area contributed by atoms with Crippen LogP contribution in [0.4, 0.5) is 5.69 Å². The molecule has 10 heteroatoms. The fraction of sp³-hybridized carbons (Fsp3) is 0.360. The Bertz CT molecular complexity index is 1350. The molecule has 6 rings (SSSR count). The minimum absolute atomic E-state index is 0.639. The van der Waals surface area contributed by atoms with Gasteiger partial charge in [-0.3, -0.25) is 9.91 Å². The van der Waals surface area contributed by atoms with E-state index in [4.69, 9.17) is 16.6 Å². The molecule has 1 fully saturated rings. The molecule has 0 aliphatic carbocycles. The van der Waals surface area contributed by atoms with Gasteiger partial charge in [-0.1, -0.05) is 35.9 Å². The number of hydrogen-bond donors (Lipinski definition) is 1. The first-order valence-electron chi connectivity index (χ1n) is 11.9. The van der Waals surface area contributed by atoms with Gasteiger partial charge in [0.15, 0.2) is 5.65 Å². The summed E-state index contributed by atoms with van der Waals surface area (Å²) in [7, 11) is 0. The highest BCUT2D eigenvalue weighted by Gasteiger charge is 2.24. The lowest BCUT2D eigenvalue weighted by Crippen LogP contribution is -2.46. The molecular weight excluding hydrogens is 480 g/mol. The highest BCUT2D eigenvalue weighted by Crippen LogP contribution is 2.34. The number of aromatic nitrogens is 4. The summed E-state index contributed by atoms with van der Waals surface area (Å²) in [6, 6.07) is 8.49. The molecule has 0 atom stereocenters. The Hall–Kier alpha value is -3.01. The number of nitrogens with one attached hydrogen (secondary N) is 1. The number of aromatic amines is 1. The van der Waals surface area contributed by atoms with Gasteiger partial charge in [0.05, 0.1) is 34.2 Å². The maximum Gasteiger partial charge on any atom is 0.159 e. The monoisotopic (exact) mass is 506 g/mol. The lowest BCUT2D eigenvalue weighted by Gasteiger charge is -2.36. The molecule has 2 aliphatic rings. The van der Waals surface area contributed by atoms with Crippen molar-refractivity contribution in [2.45, 2.75) is 26.4 Å². The van der Waals surface area contributed by atoms with E-state index in [-0.39, 0.29) is 0 Å². The zero-order valence-electron chi connectivity index (χ0n) is 19.6. The van der Waals surface area contributed by atoms with E-state index < -0.39 is 0 Å². The second-order valence-corrected chi connectivity index (χ2v) is 10.5. The van der Waals surface area contributed by atoms with Gasteiger partial charge < -0.3 is 9.88 Å². The standard InChI is InChI=1S/C25H27ClN8S/c1-17-29-20(16-35-17)15-32-9-11-33(12-10-32)23-21(26)13-27-25-22(23)30-24(31-25)19-5-3-18(4-6-19)14-34-8-2-7-28-34/h3-7,13,16H,2,8-12,14-15H2,1H3,(H,27,30,31). The Labute approximate surface area is 213 Å². The third-order valence-electron chi connectivity index (χ3n) is 6.54. The molecule has 1 saturated heterocycles. The van der Waals surface area contributed by atoms with Gasteiger partial charge in [-0.15, -0.1) is 11.3 Å². The molecule has 0 unspecified atom stereocenters. The SMILES string of the molecule is Cc1nc(CN2CCN(c3c(Cl)cnc4[nH]c(-c5ccc(CN6CCC=N6)cc5)nc34)CC2)cs1. The summed E-state index contributed by atoms with van der Waals surface area (Å²) in [5.41, 5.74) is 5.97. The summed E-state index contributed by atoms with van der Waals surface area (Å²) in [6.45, 7) is 8.44. The number of thiazole rings is 1. The van der Waals surface area contributed by atoms with Gasteiger partial charge in [-0.25, -0.2) is 15.0 Å². The molecule has 1 aromatic carbocycles. The van der Waals surface area contributed by atoms with Crippen LogP contribution in [0.1, 0.15) is 22.7 Å². The number of rotatable bonds is 6. The maximum absolute atomic E-state index is 6.67. The molecule has 0 spiro atoms. The fourth-order valence-corrected chi connectivity index (χ4v) is 5.59. The molecule has 0 saturated carbocycles. The van der Waals surface area contributed by atoms with E-state index in [0.717, 1.165) is 91.2 Å². The molecule has 0 bridgehead atoms. The van der Waals surface area contributed by atoms with E-state index >= 15 is 0 Å². The Morgan fingerprint density at radius 2 is 1.86 bits per heavy atom. The Morgan fingerprint density at radius 3 is 2.57 bits per heavy atom. The average molecular weight is 507 g/mol. The third-order valence-corrected chi connectivity index (χ3v) is 7.64. The van der Waals surface area contributed by atoms with Crippen molar-refractivity contribution >= 4 is 46.0 Å². The number of H-pyrrole nitrogens is 1. The van der Waals surface area contributed by atoms with Crippen molar-refractivity contribution in [3.63, 3.8) is 0 Å². The molecule has 0 amide bonds. The van der Waals surface area contributed by atoms with Crippen LogP contribution in [0.15, 0.2) is 40.9 Å². The molecule has 1 N–H and O–H groups in total. The lowest BCUT2D eigenvalue weighted by molar-refractivity contribution is 0.247. The number of hydrogen-bond acceptors (Lipinski definition) is 8. The molecule has 0 radical (unpaired) electrons. The van der Waals surface area contributed by atoms with Gasteiger partial charge in [0, 0.05) is 62.8 Å². The van der Waals surface area contributed by atoms with E-state index in [0.29, 0.717) is 5.02 Å². The number of benzene rings is 1. The first-order valence-corrected chi connectivity index (χ1v) is 13.2. The second-order valence-electron chi connectivity index (χ2n) is 9.03. The normalized spacial score (nSPS) is 16.6. The largest absolute Gasteiger partial charge is 0.366 e. The Balaban J connectivity index is 1.19. The first-order chi connectivity index (χ1) is 17.1. The van der Waals surface area contributed by atoms with E-state index in [1.54, 1.807) is 17.5 Å². The molecule has 5 heterocycles. The molecule has 3 aromatic heterocycles. The molecule has 8 nitrogen and oxygen atoms in total. The van der Waals surface area contributed by atoms with E-state index in [2.05, 4.69) is 71.4 Å². The number of nitrogens with zero attached hydrogens (tertiary/aromatic N) is 7. The Kier molecular flexibility index (Phi) is 6.13. The molecule has 180 valence electrons. The van der Waals surface area contributed by atoms with Gasteiger partial charge in [0.2, 0.25) is 0 Å². The van der Waals surface area contributed by atoms with Gasteiger partial charge in [-0.05, 0) is 12.5 Å². The van der Waals surface area contributed by atoms with E-state index in [1.165, 1.54) is 5.56 Å². The van der Waals surface area contributed by atoms with Crippen LogP contribution >= 0.6 is 22.9 Å². The molecule has 2 aliphatic heterocycles. The van der Waals surface area contributed by atoms with E-state index in [9.17, 15) is 0 Å². The zero-order chi connectivity index (χ0) is 23.8. The predicted molar refractivity (Wildman–Crippen MR) is 142 cm³/mol. The number of hydrazone groups is 1. The summed E-state index contributed by atoms with van der Waals surface area (Å²) in [5, 5.41) is 10.4. The van der Waals surface area contributed by atoms with Crippen molar-refractivity contribution in [3.8, 4) is 11.4 Å². The average Bonchev–Trinajstić information content (AvgIpc) is 3.62. The highest BCUT2D eigenvalue weighted by atomic mass is 35.5. The number of aryl methyl sites for hydroxylation is 1. The highest BCUT2D eigenvalue weighted by molar-refractivity contribution is 7.09. The molecule has 35 heavy (non-hydrogen) atoms.